The number of allylic oxidation sites excluding steroid dienone is 4. The van der Waals surface area contributed by atoms with E-state index < -0.39 is 32.5 Å². The molecule has 0 radical (unpaired) electrons. The Morgan fingerprint density at radius 1 is 0.600 bits per heavy atom. The van der Waals surface area contributed by atoms with Crippen LogP contribution in [-0.4, -0.2) is 49.3 Å². The second-order valence-electron chi connectivity index (χ2n) is 13.5. The first-order chi connectivity index (χ1) is 24.3. The second kappa shape index (κ2) is 37.3. The van der Waals surface area contributed by atoms with Gasteiger partial charge in [0.15, 0.2) is 6.10 Å². The number of phosphoric acid groups is 1. The van der Waals surface area contributed by atoms with Crippen molar-refractivity contribution in [2.24, 2.45) is 5.73 Å². The summed E-state index contributed by atoms with van der Waals surface area (Å²) in [6.07, 6.45) is 37.9. The van der Waals surface area contributed by atoms with Gasteiger partial charge in [-0.05, 0) is 38.5 Å². The lowest BCUT2D eigenvalue weighted by molar-refractivity contribution is -0.161. The summed E-state index contributed by atoms with van der Waals surface area (Å²) in [5.74, 6) is -0.877. The molecule has 0 saturated carbocycles. The van der Waals surface area contributed by atoms with Crippen molar-refractivity contribution in [3.63, 3.8) is 0 Å². The van der Waals surface area contributed by atoms with Gasteiger partial charge in [-0.15, -0.1) is 0 Å². The van der Waals surface area contributed by atoms with E-state index in [9.17, 15) is 19.0 Å². The van der Waals surface area contributed by atoms with E-state index in [-0.39, 0.29) is 32.6 Å². The number of rotatable bonds is 38. The zero-order chi connectivity index (χ0) is 36.8. The summed E-state index contributed by atoms with van der Waals surface area (Å²) >= 11 is 0. The predicted molar refractivity (Wildman–Crippen MR) is 206 cm³/mol. The van der Waals surface area contributed by atoms with E-state index in [0.717, 1.165) is 38.5 Å². The van der Waals surface area contributed by atoms with Crippen molar-refractivity contribution in [2.75, 3.05) is 26.4 Å². The molecule has 0 aliphatic rings. The normalized spacial score (nSPS) is 13.6. The van der Waals surface area contributed by atoms with Gasteiger partial charge in [0, 0.05) is 19.4 Å². The molecule has 0 rings (SSSR count). The van der Waals surface area contributed by atoms with Crippen LogP contribution in [0.5, 0.6) is 0 Å². The van der Waals surface area contributed by atoms with Crippen LogP contribution in [0.1, 0.15) is 187 Å². The Kier molecular flexibility index (Phi) is 36.1. The smallest absolute Gasteiger partial charge is 0.462 e. The van der Waals surface area contributed by atoms with Crippen LogP contribution >= 0.6 is 7.82 Å². The lowest BCUT2D eigenvalue weighted by Crippen LogP contribution is -2.29. The summed E-state index contributed by atoms with van der Waals surface area (Å²) in [7, 11) is -4.38. The van der Waals surface area contributed by atoms with Crippen molar-refractivity contribution in [1.29, 1.82) is 0 Å². The van der Waals surface area contributed by atoms with E-state index >= 15 is 0 Å². The number of carbonyl (C=O) groups excluding carboxylic acids is 2. The average Bonchev–Trinajstić information content (AvgIpc) is 3.10. The van der Waals surface area contributed by atoms with E-state index in [1.54, 1.807) is 0 Å². The summed E-state index contributed by atoms with van der Waals surface area (Å²) in [4.78, 5) is 34.7. The fraction of sp³-hybridized carbons (Fsp3) is 0.850. The van der Waals surface area contributed by atoms with Gasteiger partial charge in [-0.3, -0.25) is 18.6 Å². The van der Waals surface area contributed by atoms with Crippen LogP contribution in [0.25, 0.3) is 0 Å². The van der Waals surface area contributed by atoms with Crippen LogP contribution in [0.3, 0.4) is 0 Å². The maximum absolute atomic E-state index is 12.5. The SMILES string of the molecule is CCCCCCCCCCC/C=C/C/C=C/CCCC(=O)O[C@H](COC(=O)CCCCCCCCCCCCCC)COP(=O)(O)OCCN. The maximum atomic E-state index is 12.5. The molecule has 0 bridgehead atoms. The third-order valence-corrected chi connectivity index (χ3v) is 9.57. The molecule has 0 aliphatic carbocycles. The number of unbranched alkanes of at least 4 members (excludes halogenated alkanes) is 21. The fourth-order valence-corrected chi connectivity index (χ4v) is 6.32. The van der Waals surface area contributed by atoms with Gasteiger partial charge in [-0.25, -0.2) is 4.57 Å². The molecule has 0 amide bonds. The summed E-state index contributed by atoms with van der Waals surface area (Å²) in [6.45, 7) is 3.68. The van der Waals surface area contributed by atoms with E-state index in [1.165, 1.54) is 116 Å². The minimum Gasteiger partial charge on any atom is -0.462 e. The Hall–Kier alpha value is -1.51. The molecule has 294 valence electrons. The van der Waals surface area contributed by atoms with Crippen molar-refractivity contribution in [3.8, 4) is 0 Å². The lowest BCUT2D eigenvalue weighted by atomic mass is 10.0. The molecule has 2 atom stereocenters. The third kappa shape index (κ3) is 36.3. The Bertz CT molecular complexity index is 881. The van der Waals surface area contributed by atoms with Crippen LogP contribution < -0.4 is 5.73 Å². The molecule has 0 aromatic rings. The van der Waals surface area contributed by atoms with E-state index in [0.29, 0.717) is 6.42 Å². The minimum absolute atomic E-state index is 0.0488. The Morgan fingerprint density at radius 2 is 1.06 bits per heavy atom. The third-order valence-electron chi connectivity index (χ3n) is 8.59. The minimum atomic E-state index is -4.38. The Balaban J connectivity index is 4.24. The molecule has 0 heterocycles. The molecule has 10 heteroatoms. The van der Waals surface area contributed by atoms with Gasteiger partial charge in [0.1, 0.15) is 6.61 Å². The molecule has 0 aliphatic heterocycles. The summed E-state index contributed by atoms with van der Waals surface area (Å²) in [6, 6.07) is 0. The molecular weight excluding hydrogens is 653 g/mol. The molecule has 0 saturated heterocycles. The first-order valence-electron chi connectivity index (χ1n) is 20.3. The van der Waals surface area contributed by atoms with Gasteiger partial charge in [0.2, 0.25) is 0 Å². The molecule has 0 spiro atoms. The molecule has 50 heavy (non-hydrogen) atoms. The molecule has 3 N–H and O–H groups in total. The number of esters is 2. The Morgan fingerprint density at radius 3 is 1.58 bits per heavy atom. The molecule has 0 aromatic carbocycles. The Labute approximate surface area is 306 Å². The van der Waals surface area contributed by atoms with Gasteiger partial charge in [-0.1, -0.05) is 160 Å². The quantitative estimate of drug-likeness (QED) is 0.0275. The van der Waals surface area contributed by atoms with Crippen LogP contribution in [0.4, 0.5) is 0 Å². The van der Waals surface area contributed by atoms with Crippen molar-refractivity contribution < 1.29 is 37.6 Å². The fourth-order valence-electron chi connectivity index (χ4n) is 5.56. The second-order valence-corrected chi connectivity index (χ2v) is 15.0. The molecular formula is C40H76NO8P. The van der Waals surface area contributed by atoms with Crippen molar-refractivity contribution in [1.82, 2.24) is 0 Å². The molecule has 1 unspecified atom stereocenters. The zero-order valence-corrected chi connectivity index (χ0v) is 33.0. The van der Waals surface area contributed by atoms with Crippen molar-refractivity contribution in [2.45, 2.75) is 193 Å². The first kappa shape index (κ1) is 48.5. The monoisotopic (exact) mass is 730 g/mol. The number of hydrogen-bond acceptors (Lipinski definition) is 8. The van der Waals surface area contributed by atoms with Crippen LogP contribution in [0.2, 0.25) is 0 Å². The number of carbonyl (C=O) groups is 2. The summed E-state index contributed by atoms with van der Waals surface area (Å²) in [5, 5.41) is 0. The predicted octanol–water partition coefficient (Wildman–Crippen LogP) is 11.2. The molecule has 0 aromatic heterocycles. The molecule has 0 fully saturated rings. The first-order valence-corrected chi connectivity index (χ1v) is 21.8. The van der Waals surface area contributed by atoms with E-state index in [1.807, 2.05) is 0 Å². The number of phosphoric ester groups is 1. The van der Waals surface area contributed by atoms with Crippen molar-refractivity contribution >= 4 is 19.8 Å². The van der Waals surface area contributed by atoms with Crippen LogP contribution in [0.15, 0.2) is 24.3 Å². The lowest BCUT2D eigenvalue weighted by Gasteiger charge is -2.19. The van der Waals surface area contributed by atoms with Crippen molar-refractivity contribution in [3.05, 3.63) is 24.3 Å². The van der Waals surface area contributed by atoms with Crippen LogP contribution in [-0.2, 0) is 32.7 Å². The van der Waals surface area contributed by atoms with Gasteiger partial charge in [0.25, 0.3) is 0 Å². The number of nitrogens with two attached hydrogens (primary N) is 1. The number of ether oxygens (including phenoxy) is 2. The largest absolute Gasteiger partial charge is 0.472 e. The standard InChI is InChI=1S/C40H76NO8P/c1-3-5-7-9-11-13-15-17-18-19-20-21-23-25-27-29-31-33-40(43)49-38(37-48-50(44,45)47-35-34-41)36-46-39(42)32-30-28-26-24-22-16-14-12-10-8-6-4-2/h20-21,25,27,38H,3-19,22-24,26,28-37,41H2,1-2H3,(H,44,45)/b21-20+,27-25+/t38-/m1/s1. The summed E-state index contributed by atoms with van der Waals surface area (Å²) < 4.78 is 32.6. The highest BCUT2D eigenvalue weighted by molar-refractivity contribution is 7.47. The molecule has 9 nitrogen and oxygen atoms in total. The van der Waals surface area contributed by atoms with Crippen LogP contribution in [0, 0.1) is 0 Å². The highest BCUT2D eigenvalue weighted by Crippen LogP contribution is 2.43. The van der Waals surface area contributed by atoms with Gasteiger partial charge in [0.05, 0.1) is 13.2 Å². The maximum Gasteiger partial charge on any atom is 0.472 e. The summed E-state index contributed by atoms with van der Waals surface area (Å²) in [5.41, 5.74) is 5.33. The number of hydrogen-bond donors (Lipinski definition) is 2. The zero-order valence-electron chi connectivity index (χ0n) is 32.1. The van der Waals surface area contributed by atoms with Gasteiger partial charge >= 0.3 is 19.8 Å². The van der Waals surface area contributed by atoms with Gasteiger partial charge in [-0.2, -0.15) is 0 Å². The van der Waals surface area contributed by atoms with E-state index in [2.05, 4.69) is 38.2 Å². The van der Waals surface area contributed by atoms with Gasteiger partial charge < -0.3 is 20.1 Å². The highest BCUT2D eigenvalue weighted by atomic mass is 31.2. The highest BCUT2D eigenvalue weighted by Gasteiger charge is 2.25. The average molecular weight is 730 g/mol. The topological polar surface area (TPSA) is 134 Å². The van der Waals surface area contributed by atoms with E-state index in [4.69, 9.17) is 24.3 Å².